The molecule has 1 saturated carbocycles. The van der Waals surface area contributed by atoms with Crippen molar-refractivity contribution in [1.82, 2.24) is 9.78 Å². The van der Waals surface area contributed by atoms with E-state index in [0.29, 0.717) is 0 Å². The SMILES string of the molecule is Cc1nn(C)c(N(C)CC2CC2C)c1CC(C)N. The zero-order valence-corrected chi connectivity index (χ0v) is 12.3. The Bertz CT molecular complexity index is 422. The molecule has 18 heavy (non-hydrogen) atoms. The lowest BCUT2D eigenvalue weighted by atomic mass is 10.1. The van der Waals surface area contributed by atoms with Gasteiger partial charge in [0.2, 0.25) is 0 Å². The van der Waals surface area contributed by atoms with Gasteiger partial charge in [-0.2, -0.15) is 5.10 Å². The number of anilines is 1. The highest BCUT2D eigenvalue weighted by atomic mass is 15.4. The number of aryl methyl sites for hydroxylation is 2. The van der Waals surface area contributed by atoms with E-state index in [1.54, 1.807) is 0 Å². The van der Waals surface area contributed by atoms with Gasteiger partial charge >= 0.3 is 0 Å². The van der Waals surface area contributed by atoms with E-state index in [1.165, 1.54) is 17.8 Å². The monoisotopic (exact) mass is 250 g/mol. The van der Waals surface area contributed by atoms with Crippen LogP contribution in [0.5, 0.6) is 0 Å². The van der Waals surface area contributed by atoms with Crippen LogP contribution in [0.1, 0.15) is 31.5 Å². The molecule has 1 heterocycles. The highest BCUT2D eigenvalue weighted by Gasteiger charge is 2.34. The Morgan fingerprint density at radius 2 is 2.17 bits per heavy atom. The summed E-state index contributed by atoms with van der Waals surface area (Å²) in [6.07, 6.45) is 2.27. The fourth-order valence-corrected chi connectivity index (χ4v) is 2.82. The fraction of sp³-hybridized carbons (Fsp3) is 0.786. The Labute approximate surface area is 110 Å². The molecular formula is C14H26N4. The smallest absolute Gasteiger partial charge is 0.129 e. The third kappa shape index (κ3) is 2.69. The van der Waals surface area contributed by atoms with Crippen LogP contribution in [-0.2, 0) is 13.5 Å². The van der Waals surface area contributed by atoms with Gasteiger partial charge in [-0.25, -0.2) is 0 Å². The molecule has 0 saturated heterocycles. The molecule has 4 heteroatoms. The summed E-state index contributed by atoms with van der Waals surface area (Å²) in [5.41, 5.74) is 8.37. The Morgan fingerprint density at radius 1 is 1.56 bits per heavy atom. The zero-order valence-electron chi connectivity index (χ0n) is 12.3. The van der Waals surface area contributed by atoms with Gasteiger partial charge in [-0.05, 0) is 38.5 Å². The van der Waals surface area contributed by atoms with Gasteiger partial charge in [0.15, 0.2) is 0 Å². The average Bonchev–Trinajstić information content (AvgIpc) is 2.84. The summed E-state index contributed by atoms with van der Waals surface area (Å²) in [5.74, 6) is 2.98. The van der Waals surface area contributed by atoms with Gasteiger partial charge in [0.05, 0.1) is 5.69 Å². The molecule has 0 radical (unpaired) electrons. The van der Waals surface area contributed by atoms with Gasteiger partial charge < -0.3 is 10.6 Å². The quantitative estimate of drug-likeness (QED) is 0.865. The zero-order chi connectivity index (χ0) is 13.4. The van der Waals surface area contributed by atoms with Crippen LogP contribution in [0.15, 0.2) is 0 Å². The Morgan fingerprint density at radius 3 is 2.67 bits per heavy atom. The largest absolute Gasteiger partial charge is 0.359 e. The van der Waals surface area contributed by atoms with Crippen LogP contribution in [0.2, 0.25) is 0 Å². The molecule has 4 nitrogen and oxygen atoms in total. The Balaban J connectivity index is 2.19. The first-order chi connectivity index (χ1) is 8.40. The molecule has 2 N–H and O–H groups in total. The van der Waals surface area contributed by atoms with Crippen molar-refractivity contribution in [2.45, 2.75) is 39.7 Å². The van der Waals surface area contributed by atoms with E-state index >= 15 is 0 Å². The van der Waals surface area contributed by atoms with Gasteiger partial charge in [-0.1, -0.05) is 6.92 Å². The van der Waals surface area contributed by atoms with Crippen LogP contribution in [0.3, 0.4) is 0 Å². The topological polar surface area (TPSA) is 47.1 Å². The second-order valence-electron chi connectivity index (χ2n) is 6.05. The van der Waals surface area contributed by atoms with Crippen molar-refractivity contribution in [2.24, 2.45) is 24.6 Å². The number of nitrogens with zero attached hydrogens (tertiary/aromatic N) is 3. The number of hydrogen-bond donors (Lipinski definition) is 1. The van der Waals surface area contributed by atoms with Crippen molar-refractivity contribution in [1.29, 1.82) is 0 Å². The number of hydrogen-bond acceptors (Lipinski definition) is 3. The first-order valence-corrected chi connectivity index (χ1v) is 6.89. The van der Waals surface area contributed by atoms with E-state index < -0.39 is 0 Å². The summed E-state index contributed by atoms with van der Waals surface area (Å²) in [5, 5.41) is 4.55. The lowest BCUT2D eigenvalue weighted by Crippen LogP contribution is -2.26. The molecule has 1 aromatic rings. The van der Waals surface area contributed by atoms with Crippen molar-refractivity contribution in [3.05, 3.63) is 11.3 Å². The van der Waals surface area contributed by atoms with Crippen molar-refractivity contribution >= 4 is 5.82 Å². The van der Waals surface area contributed by atoms with Crippen molar-refractivity contribution in [2.75, 3.05) is 18.5 Å². The van der Waals surface area contributed by atoms with Gasteiger partial charge in [-0.15, -0.1) is 0 Å². The second kappa shape index (κ2) is 4.92. The molecule has 3 atom stereocenters. The minimum atomic E-state index is 0.180. The molecule has 2 rings (SSSR count). The minimum absolute atomic E-state index is 0.180. The van der Waals surface area contributed by atoms with E-state index in [0.717, 1.165) is 30.5 Å². The Kier molecular flexibility index (Phi) is 3.66. The normalized spacial score (nSPS) is 24.1. The highest BCUT2D eigenvalue weighted by molar-refractivity contribution is 5.50. The number of rotatable bonds is 5. The molecule has 0 spiro atoms. The lowest BCUT2D eigenvalue weighted by Gasteiger charge is -2.21. The fourth-order valence-electron chi connectivity index (χ4n) is 2.82. The van der Waals surface area contributed by atoms with E-state index in [2.05, 4.69) is 37.8 Å². The van der Waals surface area contributed by atoms with E-state index in [4.69, 9.17) is 5.73 Å². The van der Waals surface area contributed by atoms with Crippen LogP contribution in [0, 0.1) is 18.8 Å². The summed E-state index contributed by atoms with van der Waals surface area (Å²) in [7, 11) is 4.20. The molecule has 0 bridgehead atoms. The van der Waals surface area contributed by atoms with E-state index in [1.807, 2.05) is 11.7 Å². The molecule has 1 aliphatic rings. The summed E-state index contributed by atoms with van der Waals surface area (Å²) in [6, 6.07) is 0.180. The number of nitrogens with two attached hydrogens (primary N) is 1. The molecule has 3 unspecified atom stereocenters. The third-order valence-electron chi connectivity index (χ3n) is 3.99. The molecule has 1 aliphatic carbocycles. The van der Waals surface area contributed by atoms with Gasteiger partial charge in [0.1, 0.15) is 5.82 Å². The van der Waals surface area contributed by atoms with E-state index in [-0.39, 0.29) is 6.04 Å². The van der Waals surface area contributed by atoms with Crippen LogP contribution in [0.25, 0.3) is 0 Å². The molecule has 0 amide bonds. The Hall–Kier alpha value is -1.03. The first kappa shape index (κ1) is 13.4. The van der Waals surface area contributed by atoms with Crippen LogP contribution in [0.4, 0.5) is 5.82 Å². The minimum Gasteiger partial charge on any atom is -0.359 e. The highest BCUT2D eigenvalue weighted by Crippen LogP contribution is 2.39. The lowest BCUT2D eigenvalue weighted by molar-refractivity contribution is 0.675. The van der Waals surface area contributed by atoms with Gasteiger partial charge in [0.25, 0.3) is 0 Å². The predicted molar refractivity (Wildman–Crippen MR) is 75.8 cm³/mol. The third-order valence-corrected chi connectivity index (χ3v) is 3.99. The first-order valence-electron chi connectivity index (χ1n) is 6.89. The predicted octanol–water partition coefficient (Wildman–Crippen LogP) is 1.71. The molecule has 0 aromatic carbocycles. The van der Waals surface area contributed by atoms with Crippen molar-refractivity contribution in [3.63, 3.8) is 0 Å². The maximum Gasteiger partial charge on any atom is 0.129 e. The van der Waals surface area contributed by atoms with E-state index in [9.17, 15) is 0 Å². The standard InChI is InChI=1S/C14H26N4/c1-9-6-12(9)8-17(4)14-13(7-10(2)15)11(3)16-18(14)5/h9-10,12H,6-8,15H2,1-5H3. The van der Waals surface area contributed by atoms with Gasteiger partial charge in [0, 0.05) is 32.2 Å². The van der Waals surface area contributed by atoms with Crippen LogP contribution < -0.4 is 10.6 Å². The average molecular weight is 250 g/mol. The maximum atomic E-state index is 5.95. The molecule has 102 valence electrons. The summed E-state index contributed by atoms with van der Waals surface area (Å²) >= 11 is 0. The van der Waals surface area contributed by atoms with Gasteiger partial charge in [-0.3, -0.25) is 4.68 Å². The molecular weight excluding hydrogens is 224 g/mol. The molecule has 1 fully saturated rings. The summed E-state index contributed by atoms with van der Waals surface area (Å²) in [4.78, 5) is 2.35. The number of aromatic nitrogens is 2. The maximum absolute atomic E-state index is 5.95. The van der Waals surface area contributed by atoms with Crippen molar-refractivity contribution in [3.8, 4) is 0 Å². The molecule has 0 aliphatic heterocycles. The molecule has 1 aromatic heterocycles. The summed E-state index contributed by atoms with van der Waals surface area (Å²) < 4.78 is 2.00. The van der Waals surface area contributed by atoms with Crippen molar-refractivity contribution < 1.29 is 0 Å². The second-order valence-corrected chi connectivity index (χ2v) is 6.05. The van der Waals surface area contributed by atoms with Crippen LogP contribution >= 0.6 is 0 Å². The summed E-state index contributed by atoms with van der Waals surface area (Å²) in [6.45, 7) is 7.59. The van der Waals surface area contributed by atoms with Crippen LogP contribution in [-0.4, -0.2) is 29.4 Å².